The second-order valence-corrected chi connectivity index (χ2v) is 9.12. The number of hydrogen-bond donors (Lipinski definition) is 1. The highest BCUT2D eigenvalue weighted by Crippen LogP contribution is 2.34. The largest absolute Gasteiger partial charge is 0.483 e. The number of esters is 1. The predicted molar refractivity (Wildman–Crippen MR) is 131 cm³/mol. The van der Waals surface area contributed by atoms with E-state index in [-0.39, 0.29) is 23.5 Å². The maximum atomic E-state index is 12.7. The molecule has 1 N–H and O–H groups in total. The van der Waals surface area contributed by atoms with Gasteiger partial charge in [-0.1, -0.05) is 23.7 Å². The summed E-state index contributed by atoms with van der Waals surface area (Å²) in [5.41, 5.74) is 2.06. The number of nitrogens with zero attached hydrogens (tertiary/aromatic N) is 1. The lowest BCUT2D eigenvalue weighted by Crippen LogP contribution is -2.35. The molecule has 3 amide bonds. The first-order valence-electron chi connectivity index (χ1n) is 10.4. The number of nitrogens with one attached hydrogen (secondary N) is 1. The number of amides is 3. The topological polar surface area (TPSA) is 102 Å². The van der Waals surface area contributed by atoms with Crippen molar-refractivity contribution >= 4 is 58.1 Å². The summed E-state index contributed by atoms with van der Waals surface area (Å²) in [5.74, 6) is -1.37. The quantitative estimate of drug-likeness (QED) is 0.414. The second kappa shape index (κ2) is 11.2. The molecule has 2 aromatic rings. The van der Waals surface area contributed by atoms with E-state index in [9.17, 15) is 19.2 Å². The number of aryl methyl sites for hydroxylation is 1. The lowest BCUT2D eigenvalue weighted by atomic mass is 10.2. The summed E-state index contributed by atoms with van der Waals surface area (Å²) in [6.07, 6.45) is 1.08. The maximum absolute atomic E-state index is 12.7. The van der Waals surface area contributed by atoms with Crippen LogP contribution in [0.3, 0.4) is 0 Å². The van der Waals surface area contributed by atoms with Gasteiger partial charge in [-0.05, 0) is 74.5 Å². The fraction of sp³-hybridized carbons (Fsp3) is 0.250. The zero-order valence-corrected chi connectivity index (χ0v) is 20.4. The Hall–Kier alpha value is -3.30. The van der Waals surface area contributed by atoms with Crippen LogP contribution in [0.4, 0.5) is 10.5 Å². The average molecular weight is 503 g/mol. The van der Waals surface area contributed by atoms with E-state index < -0.39 is 23.7 Å². The highest BCUT2D eigenvalue weighted by atomic mass is 35.5. The molecule has 178 valence electrons. The number of carbonyl (C=O) groups is 4. The van der Waals surface area contributed by atoms with Crippen LogP contribution in [0.1, 0.15) is 25.0 Å². The average Bonchev–Trinajstić information content (AvgIpc) is 3.00. The molecular weight excluding hydrogens is 480 g/mol. The van der Waals surface area contributed by atoms with Crippen LogP contribution in [-0.2, 0) is 19.1 Å². The molecule has 1 saturated heterocycles. The molecule has 34 heavy (non-hydrogen) atoms. The maximum Gasteiger partial charge on any atom is 0.326 e. The Morgan fingerprint density at radius 3 is 2.65 bits per heavy atom. The summed E-state index contributed by atoms with van der Waals surface area (Å²) in [6, 6.07) is 12.1. The first-order chi connectivity index (χ1) is 16.1. The number of anilines is 1. The van der Waals surface area contributed by atoms with Crippen molar-refractivity contribution in [3.63, 3.8) is 0 Å². The number of imide groups is 1. The molecule has 0 aliphatic carbocycles. The third-order valence-electron chi connectivity index (χ3n) is 4.45. The fourth-order valence-corrected chi connectivity index (χ4v) is 4.04. The molecule has 1 aliphatic rings. The number of ether oxygens (including phenoxy) is 2. The first kappa shape index (κ1) is 25.3. The highest BCUT2D eigenvalue weighted by molar-refractivity contribution is 8.18. The van der Waals surface area contributed by atoms with E-state index in [0.717, 1.165) is 10.5 Å². The smallest absolute Gasteiger partial charge is 0.326 e. The number of benzene rings is 2. The fourth-order valence-electron chi connectivity index (χ4n) is 3.03. The van der Waals surface area contributed by atoms with Gasteiger partial charge in [0.25, 0.3) is 17.1 Å². The molecule has 1 aliphatic heterocycles. The van der Waals surface area contributed by atoms with E-state index in [2.05, 4.69) is 5.32 Å². The van der Waals surface area contributed by atoms with Crippen molar-refractivity contribution in [1.82, 2.24) is 4.90 Å². The van der Waals surface area contributed by atoms with E-state index in [1.165, 1.54) is 6.08 Å². The molecule has 0 spiro atoms. The van der Waals surface area contributed by atoms with E-state index in [1.807, 2.05) is 25.1 Å². The van der Waals surface area contributed by atoms with Crippen molar-refractivity contribution in [1.29, 1.82) is 0 Å². The molecule has 1 fully saturated rings. The van der Waals surface area contributed by atoms with Crippen LogP contribution in [0.5, 0.6) is 5.75 Å². The van der Waals surface area contributed by atoms with E-state index >= 15 is 0 Å². The summed E-state index contributed by atoms with van der Waals surface area (Å²) >= 11 is 6.80. The minimum absolute atomic E-state index is 0.0960. The van der Waals surface area contributed by atoms with Crippen molar-refractivity contribution < 1.29 is 28.7 Å². The van der Waals surface area contributed by atoms with Crippen molar-refractivity contribution in [2.45, 2.75) is 26.9 Å². The number of thioether (sulfide) groups is 1. The number of rotatable bonds is 8. The van der Waals surface area contributed by atoms with Gasteiger partial charge in [0, 0.05) is 16.3 Å². The number of carbonyl (C=O) groups excluding carboxylic acids is 4. The summed E-state index contributed by atoms with van der Waals surface area (Å²) < 4.78 is 10.7. The molecule has 0 saturated carbocycles. The normalized spacial score (nSPS) is 14.6. The standard InChI is InChI=1S/C24H23ClN2O6S/c1-14(2)33-22(29)12-27-23(30)20(34-24(27)31)11-16-10-17(25)7-8-19(16)32-13-21(28)26-18-6-4-5-15(3)9-18/h4-11,14H,12-13H2,1-3H3,(H,26,28)/b20-11-. The zero-order chi connectivity index (χ0) is 24.8. The summed E-state index contributed by atoms with van der Waals surface area (Å²) in [7, 11) is 0. The number of halogens is 1. The molecule has 0 bridgehead atoms. The van der Waals surface area contributed by atoms with Crippen LogP contribution < -0.4 is 10.1 Å². The molecule has 1 heterocycles. The van der Waals surface area contributed by atoms with Gasteiger partial charge in [-0.2, -0.15) is 0 Å². The predicted octanol–water partition coefficient (Wildman–Crippen LogP) is 4.65. The van der Waals surface area contributed by atoms with Crippen LogP contribution in [0.2, 0.25) is 5.02 Å². The van der Waals surface area contributed by atoms with Gasteiger partial charge < -0.3 is 14.8 Å². The van der Waals surface area contributed by atoms with Crippen LogP contribution >= 0.6 is 23.4 Å². The Morgan fingerprint density at radius 1 is 1.18 bits per heavy atom. The molecule has 0 unspecified atom stereocenters. The lowest BCUT2D eigenvalue weighted by Gasteiger charge is -2.13. The SMILES string of the molecule is Cc1cccc(NC(=O)COc2ccc(Cl)cc2/C=C2\SC(=O)N(CC(=O)OC(C)C)C2=O)c1. The van der Waals surface area contributed by atoms with E-state index in [0.29, 0.717) is 33.8 Å². The Kier molecular flexibility index (Phi) is 8.36. The van der Waals surface area contributed by atoms with Gasteiger partial charge in [0.1, 0.15) is 12.3 Å². The molecular formula is C24H23ClN2O6S. The van der Waals surface area contributed by atoms with Crippen molar-refractivity contribution in [3.8, 4) is 5.75 Å². The van der Waals surface area contributed by atoms with Gasteiger partial charge in [-0.3, -0.25) is 24.1 Å². The van der Waals surface area contributed by atoms with Gasteiger partial charge in [-0.25, -0.2) is 0 Å². The Labute approximate surface area is 206 Å². The molecule has 0 aromatic heterocycles. The summed E-state index contributed by atoms with van der Waals surface area (Å²) in [4.78, 5) is 50.1. The first-order valence-corrected chi connectivity index (χ1v) is 11.6. The monoisotopic (exact) mass is 502 g/mol. The molecule has 8 nitrogen and oxygen atoms in total. The van der Waals surface area contributed by atoms with E-state index in [1.54, 1.807) is 38.1 Å². The summed E-state index contributed by atoms with van der Waals surface area (Å²) in [6.45, 7) is 4.51. The van der Waals surface area contributed by atoms with E-state index in [4.69, 9.17) is 21.1 Å². The van der Waals surface area contributed by atoms with Crippen LogP contribution in [0.25, 0.3) is 6.08 Å². The minimum atomic E-state index is -0.676. The van der Waals surface area contributed by atoms with Gasteiger partial charge >= 0.3 is 5.97 Å². The van der Waals surface area contributed by atoms with Gasteiger partial charge in [-0.15, -0.1) is 0 Å². The van der Waals surface area contributed by atoms with Crippen molar-refractivity contribution in [2.24, 2.45) is 0 Å². The van der Waals surface area contributed by atoms with Crippen molar-refractivity contribution in [3.05, 3.63) is 63.5 Å². The van der Waals surface area contributed by atoms with Crippen LogP contribution in [0.15, 0.2) is 47.4 Å². The van der Waals surface area contributed by atoms with Crippen LogP contribution in [-0.4, -0.2) is 47.2 Å². The third kappa shape index (κ3) is 6.85. The van der Waals surface area contributed by atoms with Crippen LogP contribution in [0, 0.1) is 6.92 Å². The molecule has 10 heteroatoms. The Morgan fingerprint density at radius 2 is 1.94 bits per heavy atom. The molecule has 2 aromatic carbocycles. The third-order valence-corrected chi connectivity index (χ3v) is 5.59. The minimum Gasteiger partial charge on any atom is -0.483 e. The van der Waals surface area contributed by atoms with Gasteiger partial charge in [0.2, 0.25) is 0 Å². The second-order valence-electron chi connectivity index (χ2n) is 7.69. The number of hydrogen-bond acceptors (Lipinski definition) is 7. The van der Waals surface area contributed by atoms with Gasteiger partial charge in [0.05, 0.1) is 11.0 Å². The lowest BCUT2D eigenvalue weighted by molar-refractivity contribution is -0.149. The Balaban J connectivity index is 1.72. The Bertz CT molecular complexity index is 1160. The molecule has 3 rings (SSSR count). The summed E-state index contributed by atoms with van der Waals surface area (Å²) in [5, 5.41) is 2.54. The molecule has 0 atom stereocenters. The highest BCUT2D eigenvalue weighted by Gasteiger charge is 2.37. The van der Waals surface area contributed by atoms with Crippen molar-refractivity contribution in [2.75, 3.05) is 18.5 Å². The molecule has 0 radical (unpaired) electrons. The van der Waals surface area contributed by atoms with Gasteiger partial charge in [0.15, 0.2) is 6.61 Å². The zero-order valence-electron chi connectivity index (χ0n) is 18.8.